The zero-order valence-corrected chi connectivity index (χ0v) is 12.4. The number of amides is 1. The molecule has 2 heterocycles. The van der Waals surface area contributed by atoms with E-state index in [1.807, 2.05) is 36.7 Å². The lowest BCUT2D eigenvalue weighted by molar-refractivity contribution is -0.140. The number of fused-ring (bicyclic) bond motifs is 1. The number of hydrogen-bond donors (Lipinski definition) is 1. The molecule has 0 atom stereocenters. The first-order valence-electron chi connectivity index (χ1n) is 5.64. The number of carbonyl (C=O) groups is 1. The Bertz CT molecular complexity index is 624. The van der Waals surface area contributed by atoms with Gasteiger partial charge in [-0.15, -0.1) is 11.3 Å². The fourth-order valence-corrected chi connectivity index (χ4v) is 2.32. The molecule has 0 bridgehead atoms. The van der Waals surface area contributed by atoms with Crippen LogP contribution in [0.1, 0.15) is 26.5 Å². The molecule has 0 radical (unpaired) electrons. The van der Waals surface area contributed by atoms with Gasteiger partial charge in [0.05, 0.1) is 11.3 Å². The van der Waals surface area contributed by atoms with E-state index in [0.29, 0.717) is 10.8 Å². The number of aromatic nitrogens is 2. The van der Waals surface area contributed by atoms with Crippen LogP contribution in [0.2, 0.25) is 5.15 Å². The Morgan fingerprint density at radius 1 is 1.58 bits per heavy atom. The molecular weight excluding hydrogens is 286 g/mol. The Morgan fingerprint density at radius 3 is 3.00 bits per heavy atom. The summed E-state index contributed by atoms with van der Waals surface area (Å²) in [4.78, 5) is 21.7. The Balaban J connectivity index is 2.08. The van der Waals surface area contributed by atoms with Crippen molar-refractivity contribution in [3.05, 3.63) is 28.5 Å². The Morgan fingerprint density at radius 2 is 2.32 bits per heavy atom. The molecule has 102 valence electrons. The summed E-state index contributed by atoms with van der Waals surface area (Å²) in [6.07, 6.45) is 4.82. The molecule has 0 unspecified atom stereocenters. The van der Waals surface area contributed by atoms with Crippen LogP contribution in [-0.2, 0) is 9.63 Å². The van der Waals surface area contributed by atoms with Crippen LogP contribution in [0.25, 0.3) is 11.0 Å². The zero-order chi connectivity index (χ0) is 14.0. The van der Waals surface area contributed by atoms with Gasteiger partial charge in [0.1, 0.15) is 0 Å². The van der Waals surface area contributed by atoms with E-state index in [0.717, 1.165) is 4.96 Å². The summed E-state index contributed by atoms with van der Waals surface area (Å²) in [5.74, 6) is -0.351. The van der Waals surface area contributed by atoms with Crippen LogP contribution in [0.15, 0.2) is 17.7 Å². The molecule has 0 saturated heterocycles. The molecule has 2 rings (SSSR count). The molecule has 19 heavy (non-hydrogen) atoms. The van der Waals surface area contributed by atoms with Gasteiger partial charge in [0, 0.05) is 17.7 Å². The lowest BCUT2D eigenvalue weighted by Gasteiger charge is -2.17. The molecule has 0 aliphatic carbocycles. The standard InChI is InChI=1S/C12H14ClN3O2S/c1-12(2,3)18-15-9(17)5-4-8-10(13)14-11-16(8)6-7-19-11/h4-7H,1-3H3,(H,15,17)/b5-4+. The average Bonchev–Trinajstić information content (AvgIpc) is 2.83. The van der Waals surface area contributed by atoms with Gasteiger partial charge >= 0.3 is 0 Å². The second kappa shape index (κ2) is 5.32. The maximum absolute atomic E-state index is 11.6. The number of halogens is 1. The lowest BCUT2D eigenvalue weighted by atomic mass is 10.2. The minimum atomic E-state index is -0.432. The van der Waals surface area contributed by atoms with E-state index < -0.39 is 5.60 Å². The van der Waals surface area contributed by atoms with Crippen LogP contribution in [0.5, 0.6) is 0 Å². The molecule has 0 fully saturated rings. The summed E-state index contributed by atoms with van der Waals surface area (Å²) in [5, 5.41) is 2.27. The monoisotopic (exact) mass is 299 g/mol. The van der Waals surface area contributed by atoms with Crippen LogP contribution in [0, 0.1) is 0 Å². The van der Waals surface area contributed by atoms with Crippen molar-refractivity contribution in [2.24, 2.45) is 0 Å². The lowest BCUT2D eigenvalue weighted by Crippen LogP contribution is -2.32. The van der Waals surface area contributed by atoms with E-state index in [1.165, 1.54) is 17.4 Å². The molecule has 2 aromatic heterocycles. The summed E-state index contributed by atoms with van der Waals surface area (Å²) >= 11 is 7.48. The quantitative estimate of drug-likeness (QED) is 0.700. The molecule has 0 spiro atoms. The van der Waals surface area contributed by atoms with E-state index in [-0.39, 0.29) is 5.91 Å². The first kappa shape index (κ1) is 14.0. The highest BCUT2D eigenvalue weighted by molar-refractivity contribution is 7.15. The van der Waals surface area contributed by atoms with Crippen molar-refractivity contribution < 1.29 is 9.63 Å². The maximum atomic E-state index is 11.6. The van der Waals surface area contributed by atoms with Crippen LogP contribution in [-0.4, -0.2) is 20.9 Å². The van der Waals surface area contributed by atoms with Gasteiger partial charge in [0.25, 0.3) is 5.91 Å². The summed E-state index contributed by atoms with van der Waals surface area (Å²) in [5.41, 5.74) is 2.59. The molecule has 0 aliphatic rings. The summed E-state index contributed by atoms with van der Waals surface area (Å²) in [6, 6.07) is 0. The van der Waals surface area contributed by atoms with Gasteiger partial charge in [-0.25, -0.2) is 10.5 Å². The maximum Gasteiger partial charge on any atom is 0.267 e. The van der Waals surface area contributed by atoms with Gasteiger partial charge in [-0.2, -0.15) is 0 Å². The number of rotatable bonds is 3. The molecular formula is C12H14ClN3O2S. The molecule has 7 heteroatoms. The van der Waals surface area contributed by atoms with Gasteiger partial charge in [0.15, 0.2) is 10.1 Å². The predicted molar refractivity (Wildman–Crippen MR) is 76.1 cm³/mol. The summed E-state index contributed by atoms with van der Waals surface area (Å²) in [7, 11) is 0. The average molecular weight is 300 g/mol. The van der Waals surface area contributed by atoms with Crippen molar-refractivity contribution in [1.82, 2.24) is 14.9 Å². The predicted octanol–water partition coefficient (Wildman–Crippen LogP) is 2.91. The van der Waals surface area contributed by atoms with Gasteiger partial charge < -0.3 is 0 Å². The van der Waals surface area contributed by atoms with E-state index in [1.54, 1.807) is 6.08 Å². The van der Waals surface area contributed by atoms with Crippen LogP contribution < -0.4 is 5.48 Å². The minimum absolute atomic E-state index is 0.351. The smallest absolute Gasteiger partial charge is 0.267 e. The summed E-state index contributed by atoms with van der Waals surface area (Å²) in [6.45, 7) is 5.54. The van der Waals surface area contributed by atoms with Crippen molar-refractivity contribution in [2.75, 3.05) is 0 Å². The second-order valence-corrected chi connectivity index (χ2v) is 6.09. The Labute approximate surface area is 119 Å². The number of imidazole rings is 1. The number of hydroxylamine groups is 1. The topological polar surface area (TPSA) is 55.6 Å². The summed E-state index contributed by atoms with van der Waals surface area (Å²) < 4.78 is 1.82. The highest BCUT2D eigenvalue weighted by atomic mass is 35.5. The Hall–Kier alpha value is -1.37. The van der Waals surface area contributed by atoms with E-state index in [9.17, 15) is 4.79 Å². The molecule has 1 amide bonds. The van der Waals surface area contributed by atoms with Gasteiger partial charge in [-0.05, 0) is 26.8 Å². The fourth-order valence-electron chi connectivity index (χ4n) is 1.32. The van der Waals surface area contributed by atoms with Crippen molar-refractivity contribution in [2.45, 2.75) is 26.4 Å². The van der Waals surface area contributed by atoms with Crippen molar-refractivity contribution in [3.8, 4) is 0 Å². The molecule has 5 nitrogen and oxygen atoms in total. The van der Waals surface area contributed by atoms with Crippen molar-refractivity contribution in [3.63, 3.8) is 0 Å². The highest BCUT2D eigenvalue weighted by Crippen LogP contribution is 2.22. The normalized spacial score (nSPS) is 12.4. The first-order chi connectivity index (χ1) is 8.87. The molecule has 0 aromatic carbocycles. The fraction of sp³-hybridized carbons (Fsp3) is 0.333. The number of hydrogen-bond acceptors (Lipinski definition) is 4. The number of carbonyl (C=O) groups excluding carboxylic acids is 1. The zero-order valence-electron chi connectivity index (χ0n) is 10.8. The highest BCUT2D eigenvalue weighted by Gasteiger charge is 2.12. The Kier molecular flexibility index (Phi) is 3.93. The van der Waals surface area contributed by atoms with Crippen molar-refractivity contribution in [1.29, 1.82) is 0 Å². The minimum Gasteiger partial charge on any atom is -0.289 e. The van der Waals surface area contributed by atoms with Gasteiger partial charge in [-0.1, -0.05) is 11.6 Å². The number of nitrogens with one attached hydrogen (secondary N) is 1. The molecule has 1 N–H and O–H groups in total. The second-order valence-electron chi connectivity index (χ2n) is 4.86. The SMILES string of the molecule is CC(C)(C)ONC(=O)/C=C/c1c(Cl)nc2sccn12. The van der Waals surface area contributed by atoms with Crippen molar-refractivity contribution >= 4 is 39.9 Å². The van der Waals surface area contributed by atoms with Crippen LogP contribution in [0.3, 0.4) is 0 Å². The van der Waals surface area contributed by atoms with Crippen LogP contribution in [0.4, 0.5) is 0 Å². The third-order valence-electron chi connectivity index (χ3n) is 2.10. The molecule has 0 saturated carbocycles. The van der Waals surface area contributed by atoms with E-state index >= 15 is 0 Å². The van der Waals surface area contributed by atoms with Gasteiger partial charge in [-0.3, -0.25) is 14.0 Å². The van der Waals surface area contributed by atoms with Gasteiger partial charge in [0.2, 0.25) is 0 Å². The van der Waals surface area contributed by atoms with E-state index in [2.05, 4.69) is 10.5 Å². The number of thiazole rings is 1. The van der Waals surface area contributed by atoms with Crippen LogP contribution >= 0.6 is 22.9 Å². The molecule has 2 aromatic rings. The first-order valence-corrected chi connectivity index (χ1v) is 6.90. The number of nitrogens with zero attached hydrogens (tertiary/aromatic N) is 2. The third kappa shape index (κ3) is 3.56. The third-order valence-corrected chi connectivity index (χ3v) is 3.14. The van der Waals surface area contributed by atoms with E-state index in [4.69, 9.17) is 16.4 Å². The molecule has 0 aliphatic heterocycles. The largest absolute Gasteiger partial charge is 0.289 e.